The van der Waals surface area contributed by atoms with Gasteiger partial charge in [-0.25, -0.2) is 0 Å². The van der Waals surface area contributed by atoms with Gasteiger partial charge in [0.1, 0.15) is 5.76 Å². The van der Waals surface area contributed by atoms with E-state index in [1.54, 1.807) is 6.07 Å². The largest absolute Gasteiger partial charge is 0.451 e. The van der Waals surface area contributed by atoms with Crippen LogP contribution in [-0.2, 0) is 0 Å². The zero-order valence-corrected chi connectivity index (χ0v) is 12.2. The highest BCUT2D eigenvalue weighted by Crippen LogP contribution is 2.25. The maximum absolute atomic E-state index is 12.5. The molecule has 4 nitrogen and oxygen atoms in total. The number of anilines is 1. The summed E-state index contributed by atoms with van der Waals surface area (Å²) in [6.45, 7) is 3.81. The molecule has 1 amide bonds. The number of nitrogens with zero attached hydrogens (tertiary/aromatic N) is 1. The van der Waals surface area contributed by atoms with E-state index in [2.05, 4.69) is 6.92 Å². The van der Waals surface area contributed by atoms with Crippen molar-refractivity contribution in [1.82, 2.24) is 4.90 Å². The maximum atomic E-state index is 12.5. The average molecular weight is 284 g/mol. The highest BCUT2D eigenvalue weighted by atomic mass is 16.4. The summed E-state index contributed by atoms with van der Waals surface area (Å²) in [4.78, 5) is 14.3. The molecule has 0 saturated carbocycles. The fraction of sp³-hybridized carbons (Fsp3) is 0.353. The van der Waals surface area contributed by atoms with E-state index in [0.717, 1.165) is 25.1 Å². The van der Waals surface area contributed by atoms with E-state index in [9.17, 15) is 4.79 Å². The highest BCUT2D eigenvalue weighted by Gasteiger charge is 2.24. The molecule has 21 heavy (non-hydrogen) atoms. The molecule has 0 bridgehead atoms. The number of amides is 1. The summed E-state index contributed by atoms with van der Waals surface area (Å²) in [5, 5.41) is 0. The van der Waals surface area contributed by atoms with Crippen molar-refractivity contribution < 1.29 is 9.21 Å². The molecule has 1 aliphatic heterocycles. The second-order valence-electron chi connectivity index (χ2n) is 5.79. The van der Waals surface area contributed by atoms with Crippen LogP contribution < -0.4 is 5.73 Å². The molecule has 4 heteroatoms. The van der Waals surface area contributed by atoms with Crippen molar-refractivity contribution in [2.45, 2.75) is 19.8 Å². The van der Waals surface area contributed by atoms with Gasteiger partial charge in [0.2, 0.25) is 0 Å². The molecule has 0 aliphatic carbocycles. The lowest BCUT2D eigenvalue weighted by atomic mass is 10.0. The minimum absolute atomic E-state index is 0.0169. The van der Waals surface area contributed by atoms with Crippen LogP contribution in [0.2, 0.25) is 0 Å². The summed E-state index contributed by atoms with van der Waals surface area (Å²) in [6, 6.07) is 11.0. The zero-order chi connectivity index (χ0) is 14.8. The monoisotopic (exact) mass is 284 g/mol. The molecule has 1 aromatic heterocycles. The van der Waals surface area contributed by atoms with E-state index in [4.69, 9.17) is 10.2 Å². The van der Waals surface area contributed by atoms with Gasteiger partial charge in [0.25, 0.3) is 5.91 Å². The molecule has 1 fully saturated rings. The number of likely N-dealkylation sites (tertiary alicyclic amines) is 1. The Hall–Kier alpha value is -2.23. The van der Waals surface area contributed by atoms with Gasteiger partial charge in [-0.1, -0.05) is 19.1 Å². The number of carbonyl (C=O) groups excluding carboxylic acids is 1. The third-order valence-electron chi connectivity index (χ3n) is 3.93. The number of carbonyl (C=O) groups is 1. The first-order valence-corrected chi connectivity index (χ1v) is 7.38. The Morgan fingerprint density at radius 3 is 2.95 bits per heavy atom. The van der Waals surface area contributed by atoms with Crippen molar-refractivity contribution in [3.8, 4) is 11.3 Å². The highest BCUT2D eigenvalue weighted by molar-refractivity contribution is 5.92. The predicted octanol–water partition coefficient (Wildman–Crippen LogP) is 3.40. The minimum atomic E-state index is -0.0169. The number of piperidine rings is 1. The van der Waals surface area contributed by atoms with Crippen LogP contribution in [0, 0.1) is 5.92 Å². The van der Waals surface area contributed by atoms with Crippen LogP contribution in [0.25, 0.3) is 11.3 Å². The number of benzene rings is 1. The van der Waals surface area contributed by atoms with Crippen LogP contribution in [0.1, 0.15) is 30.3 Å². The SMILES string of the molecule is C[C@@H]1CCCN(C(=O)c2ccc(-c3cccc(N)c3)o2)C1. The van der Waals surface area contributed by atoms with Crippen LogP contribution in [0.3, 0.4) is 0 Å². The number of nitrogens with two attached hydrogens (primary N) is 1. The number of rotatable bonds is 2. The fourth-order valence-corrected chi connectivity index (χ4v) is 2.83. The lowest BCUT2D eigenvalue weighted by Gasteiger charge is -2.30. The molecular formula is C17H20N2O2. The van der Waals surface area contributed by atoms with Gasteiger partial charge in [-0.2, -0.15) is 0 Å². The topological polar surface area (TPSA) is 59.5 Å². The average Bonchev–Trinajstić information content (AvgIpc) is 2.96. The van der Waals surface area contributed by atoms with E-state index in [-0.39, 0.29) is 5.91 Å². The number of furan rings is 1. The summed E-state index contributed by atoms with van der Waals surface area (Å²) < 4.78 is 5.73. The van der Waals surface area contributed by atoms with Gasteiger partial charge in [-0.3, -0.25) is 4.79 Å². The molecule has 2 aromatic rings. The number of hydrogen-bond acceptors (Lipinski definition) is 3. The Morgan fingerprint density at radius 2 is 2.19 bits per heavy atom. The van der Waals surface area contributed by atoms with E-state index in [1.807, 2.05) is 35.2 Å². The minimum Gasteiger partial charge on any atom is -0.451 e. The molecule has 0 unspecified atom stereocenters. The Labute approximate surface area is 124 Å². The Kier molecular flexibility index (Phi) is 3.69. The fourth-order valence-electron chi connectivity index (χ4n) is 2.83. The van der Waals surface area contributed by atoms with Gasteiger partial charge >= 0.3 is 0 Å². The van der Waals surface area contributed by atoms with Crippen molar-refractivity contribution in [3.05, 3.63) is 42.2 Å². The quantitative estimate of drug-likeness (QED) is 0.860. The van der Waals surface area contributed by atoms with Crippen LogP contribution in [0.4, 0.5) is 5.69 Å². The molecule has 3 rings (SSSR count). The van der Waals surface area contributed by atoms with E-state index in [1.165, 1.54) is 6.42 Å². The van der Waals surface area contributed by atoms with E-state index < -0.39 is 0 Å². The normalized spacial score (nSPS) is 18.7. The van der Waals surface area contributed by atoms with Crippen molar-refractivity contribution in [2.24, 2.45) is 5.92 Å². The lowest BCUT2D eigenvalue weighted by molar-refractivity contribution is 0.0652. The van der Waals surface area contributed by atoms with Crippen molar-refractivity contribution in [1.29, 1.82) is 0 Å². The predicted molar refractivity (Wildman–Crippen MR) is 82.9 cm³/mol. The first-order chi connectivity index (χ1) is 10.1. The second-order valence-corrected chi connectivity index (χ2v) is 5.79. The molecule has 2 heterocycles. The van der Waals surface area contributed by atoms with Gasteiger partial charge in [0.05, 0.1) is 0 Å². The first-order valence-electron chi connectivity index (χ1n) is 7.38. The van der Waals surface area contributed by atoms with Crippen LogP contribution >= 0.6 is 0 Å². The Bertz CT molecular complexity index is 648. The van der Waals surface area contributed by atoms with Gasteiger partial charge < -0.3 is 15.1 Å². The van der Waals surface area contributed by atoms with Crippen molar-refractivity contribution in [2.75, 3.05) is 18.8 Å². The molecule has 1 saturated heterocycles. The molecular weight excluding hydrogens is 264 g/mol. The van der Waals surface area contributed by atoms with E-state index >= 15 is 0 Å². The standard InChI is InChI=1S/C17H20N2O2/c1-12-4-3-9-19(11-12)17(20)16-8-7-15(21-16)13-5-2-6-14(18)10-13/h2,5-8,10,12H,3-4,9,11,18H2,1H3/t12-/m1/s1. The molecule has 0 spiro atoms. The molecule has 1 aromatic carbocycles. The Morgan fingerprint density at radius 1 is 1.33 bits per heavy atom. The summed E-state index contributed by atoms with van der Waals surface area (Å²) in [5.41, 5.74) is 7.35. The van der Waals surface area contributed by atoms with Gasteiger partial charge in [0, 0.05) is 24.3 Å². The van der Waals surface area contributed by atoms with Gasteiger partial charge in [-0.15, -0.1) is 0 Å². The summed E-state index contributed by atoms with van der Waals surface area (Å²) in [6.07, 6.45) is 2.26. The van der Waals surface area contributed by atoms with E-state index in [0.29, 0.717) is 23.1 Å². The van der Waals surface area contributed by atoms with Crippen molar-refractivity contribution in [3.63, 3.8) is 0 Å². The maximum Gasteiger partial charge on any atom is 0.289 e. The lowest BCUT2D eigenvalue weighted by Crippen LogP contribution is -2.38. The van der Waals surface area contributed by atoms with Gasteiger partial charge in [0.15, 0.2) is 5.76 Å². The third-order valence-corrected chi connectivity index (χ3v) is 3.93. The number of hydrogen-bond donors (Lipinski definition) is 1. The molecule has 110 valence electrons. The third kappa shape index (κ3) is 2.94. The summed E-state index contributed by atoms with van der Waals surface area (Å²) in [5.74, 6) is 1.62. The number of nitrogen functional groups attached to an aromatic ring is 1. The van der Waals surface area contributed by atoms with Crippen molar-refractivity contribution >= 4 is 11.6 Å². The Balaban J connectivity index is 1.80. The molecule has 1 aliphatic rings. The molecule has 2 N–H and O–H groups in total. The van der Waals surface area contributed by atoms with Crippen LogP contribution in [-0.4, -0.2) is 23.9 Å². The first kappa shape index (κ1) is 13.7. The molecule has 1 atom stereocenters. The second kappa shape index (κ2) is 5.64. The molecule has 0 radical (unpaired) electrons. The smallest absolute Gasteiger partial charge is 0.289 e. The van der Waals surface area contributed by atoms with Gasteiger partial charge in [-0.05, 0) is 43.0 Å². The summed E-state index contributed by atoms with van der Waals surface area (Å²) >= 11 is 0. The zero-order valence-electron chi connectivity index (χ0n) is 12.2. The summed E-state index contributed by atoms with van der Waals surface area (Å²) in [7, 11) is 0. The van der Waals surface area contributed by atoms with Crippen LogP contribution in [0.15, 0.2) is 40.8 Å². The van der Waals surface area contributed by atoms with Crippen LogP contribution in [0.5, 0.6) is 0 Å².